The van der Waals surface area contributed by atoms with Crippen LogP contribution in [0.15, 0.2) is 83.6 Å². The summed E-state index contributed by atoms with van der Waals surface area (Å²) in [6.45, 7) is 16.9. The van der Waals surface area contributed by atoms with Gasteiger partial charge in [-0.25, -0.2) is 16.8 Å². The van der Waals surface area contributed by atoms with Gasteiger partial charge in [-0.1, -0.05) is 77.3 Å². The van der Waals surface area contributed by atoms with E-state index >= 15 is 0 Å². The number of Topliss-reactive ketones (excluding diaryl/α,β-unsaturated/α-hetero) is 2. The number of benzene rings is 2. The van der Waals surface area contributed by atoms with Crippen molar-refractivity contribution >= 4 is 60.2 Å². The molecule has 2 aromatic rings. The third-order valence-electron chi connectivity index (χ3n) is 10.2. The van der Waals surface area contributed by atoms with Crippen LogP contribution in [0.4, 0.5) is 0 Å². The number of carbonyl (C=O) groups is 2. The molecule has 3 unspecified atom stereocenters. The van der Waals surface area contributed by atoms with Gasteiger partial charge >= 0.3 is 29.6 Å². The molecule has 8 nitrogen and oxygen atoms in total. The molecule has 4 fully saturated rings. The minimum atomic E-state index is -3.50. The Morgan fingerprint density at radius 1 is 0.880 bits per heavy atom. The molecule has 2 heterocycles. The van der Waals surface area contributed by atoms with Crippen LogP contribution >= 0.6 is 28.6 Å². The number of aryl methyl sites for hydroxylation is 2. The standard InChI is InChI=1S/C18H23NO3S.C15H19NO3S.C3H5Br.CH4S.Na.H/c1-4-5-15-16-11-19(12-18(16,3)10-17(15)20)23(21,22)14-8-6-13(2)7-9-14;1-11-3-5-14(6-4-11)20(18,19)16-9-12-7-13(17)8-15(12,2)10-16;1-2-3-4;1-2;;/h4,6-9,15-16H,1,5,10-12H2,2-3H3;3-6,12H,7-10H2,1-2H3;2H,1,3H2;2H,1H3;;/q;;;;+1;-1/t15?,16-,18-;;;;;/m0...../s1/i;;;1D;;. The third kappa shape index (κ3) is 10.1. The van der Waals surface area contributed by atoms with Crippen molar-refractivity contribution in [2.75, 3.05) is 37.7 Å². The van der Waals surface area contributed by atoms with Gasteiger partial charge < -0.3 is 1.43 Å². The van der Waals surface area contributed by atoms with Crippen LogP contribution in [0.5, 0.6) is 0 Å². The zero-order chi connectivity index (χ0) is 37.5. The van der Waals surface area contributed by atoms with E-state index in [0.717, 1.165) is 16.5 Å². The van der Waals surface area contributed by atoms with Gasteiger partial charge in [0.05, 0.1) is 9.79 Å². The number of hydrogen-bond donors (Lipinski definition) is 1. The average molecular weight is 821 g/mol. The second-order valence-electron chi connectivity index (χ2n) is 14.0. The van der Waals surface area contributed by atoms with Crippen LogP contribution < -0.4 is 29.6 Å². The fourth-order valence-electron chi connectivity index (χ4n) is 7.51. The first kappa shape index (κ1) is 43.3. The topological polar surface area (TPSA) is 109 Å². The van der Waals surface area contributed by atoms with E-state index in [-0.39, 0.29) is 77.4 Å². The minimum Gasteiger partial charge on any atom is -1.00 e. The van der Waals surface area contributed by atoms with Crippen molar-refractivity contribution in [3.05, 3.63) is 85.0 Å². The molecule has 50 heavy (non-hydrogen) atoms. The molecule has 13 heteroatoms. The van der Waals surface area contributed by atoms with Crippen molar-refractivity contribution in [2.24, 2.45) is 28.6 Å². The van der Waals surface area contributed by atoms with Crippen LogP contribution in [0.3, 0.4) is 0 Å². The van der Waals surface area contributed by atoms with E-state index in [9.17, 15) is 26.4 Å². The molecule has 0 spiro atoms. The number of alkyl halides is 1. The molecular weight excluding hydrogens is 768 g/mol. The Bertz CT molecular complexity index is 1750. The first-order chi connectivity index (χ1) is 23.4. The second-order valence-corrected chi connectivity index (χ2v) is 18.5. The Balaban J connectivity index is 0.000000430. The number of thiol groups is 1. The zero-order valence-corrected chi connectivity index (χ0v) is 36.1. The van der Waals surface area contributed by atoms with Gasteiger partial charge in [0.2, 0.25) is 20.0 Å². The Labute approximate surface area is 339 Å². The van der Waals surface area contributed by atoms with E-state index in [1.807, 2.05) is 52.0 Å². The summed E-state index contributed by atoms with van der Waals surface area (Å²) in [5, 5.41) is 0.896. The van der Waals surface area contributed by atoms with Crippen molar-refractivity contribution in [3.8, 4) is 0 Å². The van der Waals surface area contributed by atoms with Gasteiger partial charge in [0.25, 0.3) is 0 Å². The summed E-state index contributed by atoms with van der Waals surface area (Å²) in [5.41, 5.74) is 1.66. The minimum absolute atomic E-state index is 0. The quantitative estimate of drug-likeness (QED) is 0.196. The molecule has 2 aromatic carbocycles. The number of rotatable bonds is 7. The van der Waals surface area contributed by atoms with Gasteiger partial charge in [0, 0.05) is 58.1 Å². The summed E-state index contributed by atoms with van der Waals surface area (Å²) in [4.78, 5) is 24.5. The second kappa shape index (κ2) is 18.8. The summed E-state index contributed by atoms with van der Waals surface area (Å²) >= 11 is 6.59. The molecule has 0 radical (unpaired) electrons. The van der Waals surface area contributed by atoms with Gasteiger partial charge in [-0.15, -0.1) is 13.2 Å². The summed E-state index contributed by atoms with van der Waals surface area (Å²) in [6, 6.07) is 13.9. The molecule has 5 atom stereocenters. The van der Waals surface area contributed by atoms with Gasteiger partial charge in [-0.3, -0.25) is 9.59 Å². The number of halogens is 1. The van der Waals surface area contributed by atoms with Gasteiger partial charge in [0.15, 0.2) is 0 Å². The molecule has 0 bridgehead atoms. The SMILES string of the molecule is C=CCBr.C=CCC1C(=O)C[C@@]2(C)CN(S(=O)(=O)c3ccc(C)cc3)C[C@@H]12.Cc1ccc(S(=O)(=O)N2CC3CC(=O)CC3(C)C2)cc1.[2H]CS.[H-].[Na+]. The van der Waals surface area contributed by atoms with E-state index in [2.05, 4.69) is 41.7 Å². The van der Waals surface area contributed by atoms with Gasteiger partial charge in [-0.05, 0) is 73.4 Å². The number of hydrogen-bond acceptors (Lipinski definition) is 7. The van der Waals surface area contributed by atoms with Crippen LogP contribution in [-0.4, -0.2) is 74.8 Å². The van der Waals surface area contributed by atoms with Crippen molar-refractivity contribution in [2.45, 2.75) is 63.2 Å². The predicted octanol–water partition coefficient (Wildman–Crippen LogP) is 4.00. The first-order valence-electron chi connectivity index (χ1n) is 17.0. The fraction of sp³-hybridized carbons (Fsp3) is 0.514. The smallest absolute Gasteiger partial charge is 1.00 e. The van der Waals surface area contributed by atoms with Crippen LogP contribution in [-0.2, 0) is 29.6 Å². The summed E-state index contributed by atoms with van der Waals surface area (Å²) < 4.78 is 60.2. The number of sulfonamides is 2. The van der Waals surface area contributed by atoms with Crippen molar-refractivity contribution in [1.29, 1.82) is 0 Å². The maximum atomic E-state index is 12.9. The third-order valence-corrected chi connectivity index (χ3v) is 14.3. The number of ketones is 2. The van der Waals surface area contributed by atoms with Crippen LogP contribution in [0.1, 0.15) is 53.5 Å². The number of allylic oxidation sites excluding steroid dienone is 2. The maximum Gasteiger partial charge on any atom is 1.00 e. The fourth-order valence-corrected chi connectivity index (χ4v) is 10.7. The van der Waals surface area contributed by atoms with Crippen LogP contribution in [0.25, 0.3) is 0 Å². The number of carbonyl (C=O) groups excluding carboxylic acids is 2. The van der Waals surface area contributed by atoms with Crippen molar-refractivity contribution < 1.29 is 58.8 Å². The largest absolute Gasteiger partial charge is 1.00 e. The molecule has 6 rings (SSSR count). The number of fused-ring (bicyclic) bond motifs is 2. The zero-order valence-electron chi connectivity index (χ0n) is 32.0. The van der Waals surface area contributed by atoms with E-state index < -0.39 is 20.0 Å². The summed E-state index contributed by atoms with van der Waals surface area (Å²) in [6.07, 6.45) is 5.90. The molecule has 4 aliphatic rings. The van der Waals surface area contributed by atoms with E-state index in [1.165, 1.54) is 0 Å². The Morgan fingerprint density at radius 2 is 1.32 bits per heavy atom. The molecular formula is C37H52BrN2NaO6S3. The molecule has 2 saturated carbocycles. The Morgan fingerprint density at radius 3 is 1.74 bits per heavy atom. The summed E-state index contributed by atoms with van der Waals surface area (Å²) in [7, 11) is -6.93. The first-order valence-corrected chi connectivity index (χ1v) is 20.9. The predicted molar refractivity (Wildman–Crippen MR) is 205 cm³/mol. The van der Waals surface area contributed by atoms with Crippen LogP contribution in [0, 0.1) is 42.4 Å². The normalized spacial score (nSPS) is 27.6. The Hall–Kier alpha value is -1.09. The molecule has 2 aliphatic heterocycles. The van der Waals surface area contributed by atoms with Crippen molar-refractivity contribution in [3.63, 3.8) is 0 Å². The molecule has 0 aromatic heterocycles. The van der Waals surface area contributed by atoms with E-state index in [0.29, 0.717) is 61.7 Å². The van der Waals surface area contributed by atoms with Crippen molar-refractivity contribution in [1.82, 2.24) is 8.61 Å². The van der Waals surface area contributed by atoms with E-state index in [1.54, 1.807) is 45.0 Å². The maximum absolute atomic E-state index is 12.9. The summed E-state index contributed by atoms with van der Waals surface area (Å²) in [5.74, 6) is 0.703. The average Bonchev–Trinajstić information content (AvgIpc) is 3.72. The number of nitrogens with zero attached hydrogens (tertiary/aromatic N) is 2. The van der Waals surface area contributed by atoms with E-state index in [4.69, 9.17) is 1.37 Å². The monoisotopic (exact) mass is 819 g/mol. The molecule has 2 saturated heterocycles. The van der Waals surface area contributed by atoms with Gasteiger partial charge in [-0.2, -0.15) is 21.2 Å². The molecule has 2 aliphatic carbocycles. The van der Waals surface area contributed by atoms with Gasteiger partial charge in [0.1, 0.15) is 11.6 Å². The molecule has 0 N–H and O–H groups in total. The molecule has 0 amide bonds. The Kier molecular flexibility index (Phi) is 16.3. The molecule has 272 valence electrons. The van der Waals surface area contributed by atoms with Crippen LogP contribution in [0.2, 0.25) is 0 Å².